The molecular weight excluding hydrogens is 566 g/mol. The van der Waals surface area contributed by atoms with Crippen molar-refractivity contribution in [3.05, 3.63) is 78.0 Å². The van der Waals surface area contributed by atoms with Crippen LogP contribution in [0.5, 0.6) is 0 Å². The molecular formula is C32H36ClN7O3. The van der Waals surface area contributed by atoms with Crippen LogP contribution in [0.3, 0.4) is 0 Å². The third-order valence-corrected chi connectivity index (χ3v) is 8.09. The van der Waals surface area contributed by atoms with Gasteiger partial charge in [0, 0.05) is 23.2 Å². The molecule has 0 bridgehead atoms. The Morgan fingerprint density at radius 1 is 1.14 bits per heavy atom. The van der Waals surface area contributed by atoms with Crippen molar-refractivity contribution < 1.29 is 14.7 Å². The predicted molar refractivity (Wildman–Crippen MR) is 169 cm³/mol. The summed E-state index contributed by atoms with van der Waals surface area (Å²) in [5.41, 5.74) is 3.14. The minimum Gasteiger partial charge on any atom is -0.465 e. The fraction of sp³-hybridized carbons (Fsp3) is 0.344. The Morgan fingerprint density at radius 2 is 1.88 bits per heavy atom. The van der Waals surface area contributed by atoms with E-state index in [4.69, 9.17) is 16.6 Å². The first-order valence-electron chi connectivity index (χ1n) is 14.3. The van der Waals surface area contributed by atoms with Crippen LogP contribution in [0.2, 0.25) is 5.02 Å². The minimum atomic E-state index is -0.968. The molecule has 0 spiro atoms. The summed E-state index contributed by atoms with van der Waals surface area (Å²) in [5.74, 6) is 0.117. The molecule has 2 heterocycles. The Balaban J connectivity index is 1.38. The van der Waals surface area contributed by atoms with Gasteiger partial charge >= 0.3 is 6.09 Å². The van der Waals surface area contributed by atoms with E-state index < -0.39 is 17.6 Å². The van der Waals surface area contributed by atoms with Crippen LogP contribution in [0, 0.1) is 5.41 Å². The summed E-state index contributed by atoms with van der Waals surface area (Å²) in [7, 11) is 0. The first-order chi connectivity index (χ1) is 20.5. The van der Waals surface area contributed by atoms with Gasteiger partial charge in [0.25, 0.3) is 0 Å². The van der Waals surface area contributed by atoms with E-state index in [1.807, 2.05) is 57.2 Å². The lowest BCUT2D eigenvalue weighted by molar-refractivity contribution is -0.111. The third kappa shape index (κ3) is 6.64. The van der Waals surface area contributed by atoms with E-state index in [0.717, 1.165) is 35.7 Å². The number of hydrogen-bond donors (Lipinski definition) is 4. The number of aromatic amines is 1. The van der Waals surface area contributed by atoms with Gasteiger partial charge < -0.3 is 15.7 Å². The molecule has 11 heteroatoms. The molecule has 3 atom stereocenters. The van der Waals surface area contributed by atoms with E-state index in [0.29, 0.717) is 34.5 Å². The van der Waals surface area contributed by atoms with Crippen molar-refractivity contribution in [2.45, 2.75) is 64.6 Å². The van der Waals surface area contributed by atoms with Crippen molar-refractivity contribution in [3.63, 3.8) is 0 Å². The van der Waals surface area contributed by atoms with Crippen molar-refractivity contribution in [2.24, 2.45) is 5.41 Å². The molecule has 2 amide bonds. The smallest absolute Gasteiger partial charge is 0.408 e. The number of fused-ring (bicyclic) bond motifs is 1. The number of rotatable bonds is 8. The van der Waals surface area contributed by atoms with Crippen LogP contribution in [0.4, 0.5) is 16.4 Å². The van der Waals surface area contributed by atoms with Crippen LogP contribution in [-0.2, 0) is 4.79 Å². The molecule has 224 valence electrons. The first-order valence-corrected chi connectivity index (χ1v) is 14.7. The highest BCUT2D eigenvalue weighted by molar-refractivity contribution is 6.33. The summed E-state index contributed by atoms with van der Waals surface area (Å²) in [6, 6.07) is 14.4. The second-order valence-electron chi connectivity index (χ2n) is 11.9. The highest BCUT2D eigenvalue weighted by atomic mass is 35.5. The van der Waals surface area contributed by atoms with Gasteiger partial charge in [-0.3, -0.25) is 14.8 Å². The zero-order valence-corrected chi connectivity index (χ0v) is 25.2. The Bertz CT molecular complexity index is 1630. The number of H-pyrrole nitrogens is 1. The highest BCUT2D eigenvalue weighted by Crippen LogP contribution is 2.42. The van der Waals surface area contributed by atoms with Gasteiger partial charge in [-0.2, -0.15) is 5.10 Å². The summed E-state index contributed by atoms with van der Waals surface area (Å²) in [5, 5.41) is 25.5. The summed E-state index contributed by atoms with van der Waals surface area (Å²) in [6.07, 6.45) is 4.85. The zero-order chi connectivity index (χ0) is 30.7. The van der Waals surface area contributed by atoms with Crippen molar-refractivity contribution in [1.82, 2.24) is 25.1 Å². The molecule has 1 aliphatic carbocycles. The van der Waals surface area contributed by atoms with Gasteiger partial charge in [-0.25, -0.2) is 14.8 Å². The number of halogens is 1. The summed E-state index contributed by atoms with van der Waals surface area (Å²) < 4.78 is 0. The van der Waals surface area contributed by atoms with Crippen LogP contribution in [-0.4, -0.2) is 54.3 Å². The zero-order valence-electron chi connectivity index (χ0n) is 24.5. The molecule has 4 N–H and O–H groups in total. The standard InChI is InChI=1S/C32H36ClN7O3/c1-5-26(41)35-20-15-13-19(14-16-20)29(32(2,3)4)40(31(42)43)22-10-8-9-21(17-22)36-30-34-18-24(33)28(37-30)27-23-11-6-7-12-25(23)38-39-27/h5-7,11-16,18,21-22,29H,1,8-10,17H2,2-4H3,(H,35,41)(H,38,39)(H,42,43)(H,34,36,37)/t21-,22+,29?/m1/s1. The molecule has 0 radical (unpaired) electrons. The number of nitrogens with one attached hydrogen (secondary N) is 3. The Labute approximate surface area is 255 Å². The van der Waals surface area contributed by atoms with Gasteiger partial charge in [0.05, 0.1) is 22.8 Å². The van der Waals surface area contributed by atoms with Gasteiger partial charge in [-0.15, -0.1) is 0 Å². The molecule has 0 saturated heterocycles. The fourth-order valence-corrected chi connectivity index (χ4v) is 6.15. The predicted octanol–water partition coefficient (Wildman–Crippen LogP) is 7.29. The topological polar surface area (TPSA) is 136 Å². The Hall–Kier alpha value is -4.44. The monoisotopic (exact) mass is 601 g/mol. The number of aromatic nitrogens is 4. The number of nitrogens with zero attached hydrogens (tertiary/aromatic N) is 4. The van der Waals surface area contributed by atoms with Gasteiger partial charge in [-0.1, -0.05) is 69.3 Å². The molecule has 1 fully saturated rings. The third-order valence-electron chi connectivity index (χ3n) is 7.81. The molecule has 2 aromatic heterocycles. The van der Waals surface area contributed by atoms with E-state index >= 15 is 0 Å². The number of carbonyl (C=O) groups is 2. The van der Waals surface area contributed by atoms with Crippen LogP contribution < -0.4 is 10.6 Å². The number of carbonyl (C=O) groups excluding carboxylic acids is 1. The van der Waals surface area contributed by atoms with E-state index in [1.54, 1.807) is 23.2 Å². The van der Waals surface area contributed by atoms with Crippen molar-refractivity contribution in [3.8, 4) is 11.4 Å². The van der Waals surface area contributed by atoms with E-state index in [2.05, 4.69) is 32.4 Å². The molecule has 1 unspecified atom stereocenters. The second kappa shape index (κ2) is 12.4. The maximum Gasteiger partial charge on any atom is 0.408 e. The average Bonchev–Trinajstić information content (AvgIpc) is 3.41. The van der Waals surface area contributed by atoms with E-state index in [-0.39, 0.29) is 18.0 Å². The highest BCUT2D eigenvalue weighted by Gasteiger charge is 2.40. The number of carboxylic acid groups (broad SMARTS) is 1. The number of benzene rings is 2. The SMILES string of the molecule is C=CC(=O)Nc1ccc(C(N(C(=O)O)[C@H]2CCC[C@@H](Nc3ncc(Cl)c(-c4n[nH]c5ccccc45)n3)C2)C(C)(C)C)cc1. The molecule has 10 nitrogen and oxygen atoms in total. The lowest BCUT2D eigenvalue weighted by atomic mass is 9.79. The van der Waals surface area contributed by atoms with Gasteiger partial charge in [0.1, 0.15) is 11.4 Å². The van der Waals surface area contributed by atoms with Crippen LogP contribution in [0.15, 0.2) is 67.4 Å². The molecule has 2 aromatic carbocycles. The number of para-hydroxylation sites is 1. The number of amides is 2. The lowest BCUT2D eigenvalue weighted by Gasteiger charge is -2.45. The average molecular weight is 602 g/mol. The molecule has 5 rings (SSSR count). The van der Waals surface area contributed by atoms with Crippen molar-refractivity contribution >= 4 is 46.1 Å². The largest absolute Gasteiger partial charge is 0.465 e. The van der Waals surface area contributed by atoms with Gasteiger partial charge in [0.2, 0.25) is 11.9 Å². The van der Waals surface area contributed by atoms with Crippen LogP contribution >= 0.6 is 11.6 Å². The lowest BCUT2D eigenvalue weighted by Crippen LogP contribution is -2.49. The molecule has 1 aliphatic rings. The maximum absolute atomic E-state index is 12.9. The Kier molecular flexibility index (Phi) is 8.68. The summed E-state index contributed by atoms with van der Waals surface area (Å²) in [6.45, 7) is 9.61. The van der Waals surface area contributed by atoms with Crippen molar-refractivity contribution in [2.75, 3.05) is 10.6 Å². The van der Waals surface area contributed by atoms with Crippen molar-refractivity contribution in [1.29, 1.82) is 0 Å². The maximum atomic E-state index is 12.9. The summed E-state index contributed by atoms with van der Waals surface area (Å²) in [4.78, 5) is 35.4. The fourth-order valence-electron chi connectivity index (χ4n) is 5.97. The molecule has 1 saturated carbocycles. The molecule has 0 aliphatic heterocycles. The Morgan fingerprint density at radius 3 is 2.58 bits per heavy atom. The second-order valence-corrected chi connectivity index (χ2v) is 12.4. The van der Waals surface area contributed by atoms with Gasteiger partial charge in [-0.05, 0) is 60.9 Å². The normalized spacial score (nSPS) is 17.7. The summed E-state index contributed by atoms with van der Waals surface area (Å²) >= 11 is 6.50. The number of hydrogen-bond acceptors (Lipinski definition) is 6. The molecule has 4 aromatic rings. The van der Waals surface area contributed by atoms with Gasteiger partial charge in [0.15, 0.2) is 0 Å². The van der Waals surface area contributed by atoms with Crippen LogP contribution in [0.1, 0.15) is 58.1 Å². The first kappa shape index (κ1) is 30.0. The molecule has 43 heavy (non-hydrogen) atoms. The number of anilines is 2. The van der Waals surface area contributed by atoms with Crippen LogP contribution in [0.25, 0.3) is 22.3 Å². The van der Waals surface area contributed by atoms with E-state index in [1.165, 1.54) is 6.08 Å². The quantitative estimate of drug-likeness (QED) is 0.156. The van der Waals surface area contributed by atoms with E-state index in [9.17, 15) is 14.7 Å². The minimum absolute atomic E-state index is 0.0392.